The van der Waals surface area contributed by atoms with Crippen LogP contribution in [0.5, 0.6) is 0 Å². The van der Waals surface area contributed by atoms with E-state index >= 15 is 0 Å². The molecule has 0 aliphatic carbocycles. The van der Waals surface area contributed by atoms with E-state index in [9.17, 15) is 9.90 Å². The lowest BCUT2D eigenvalue weighted by molar-refractivity contribution is -0.120. The molecule has 0 aromatic heterocycles. The monoisotopic (exact) mass is 215 g/mol. The molecule has 0 saturated carbocycles. The van der Waals surface area contributed by atoms with Crippen molar-refractivity contribution in [3.05, 3.63) is 0 Å². The predicted molar refractivity (Wildman–Crippen MR) is 58.3 cm³/mol. The second-order valence-electron chi connectivity index (χ2n) is 4.23. The largest absolute Gasteiger partial charge is 0.392 e. The Balaban J connectivity index is 2.48. The van der Waals surface area contributed by atoms with Crippen LogP contribution in [0.15, 0.2) is 0 Å². The summed E-state index contributed by atoms with van der Waals surface area (Å²) in [7, 11) is 0. The van der Waals surface area contributed by atoms with Crippen molar-refractivity contribution in [3.63, 3.8) is 0 Å². The van der Waals surface area contributed by atoms with Crippen LogP contribution in [0.3, 0.4) is 0 Å². The van der Waals surface area contributed by atoms with Crippen LogP contribution in [0.4, 0.5) is 0 Å². The number of aliphatic hydroxyl groups excluding tert-OH is 1. The lowest BCUT2D eigenvalue weighted by Gasteiger charge is -2.34. The van der Waals surface area contributed by atoms with Gasteiger partial charge in [0.2, 0.25) is 5.91 Å². The van der Waals surface area contributed by atoms with Crippen molar-refractivity contribution in [3.8, 4) is 0 Å². The number of aliphatic hydroxyl groups is 1. The smallest absolute Gasteiger partial charge is 0.231 e. The molecule has 5 heteroatoms. The average molecular weight is 215 g/mol. The van der Waals surface area contributed by atoms with Gasteiger partial charge < -0.3 is 16.2 Å². The number of primary amides is 1. The first-order valence-corrected chi connectivity index (χ1v) is 5.50. The summed E-state index contributed by atoms with van der Waals surface area (Å²) >= 11 is 0. The van der Waals surface area contributed by atoms with Crippen LogP contribution in [-0.4, -0.2) is 54.2 Å². The minimum atomic E-state index is -0.417. The molecule has 0 unspecified atom stereocenters. The maximum Gasteiger partial charge on any atom is 0.231 e. The van der Waals surface area contributed by atoms with Gasteiger partial charge in [-0.15, -0.1) is 0 Å². The second kappa shape index (κ2) is 6.05. The molecule has 88 valence electrons. The van der Waals surface area contributed by atoms with Crippen molar-refractivity contribution in [2.45, 2.75) is 31.9 Å². The number of amides is 1. The van der Waals surface area contributed by atoms with Gasteiger partial charge in [0.05, 0.1) is 12.6 Å². The minimum Gasteiger partial charge on any atom is -0.392 e. The third-order valence-corrected chi connectivity index (χ3v) is 2.68. The molecule has 1 rings (SSSR count). The molecule has 1 saturated heterocycles. The first-order valence-electron chi connectivity index (χ1n) is 5.50. The standard InChI is InChI=1S/C10H21N3O2/c1-8(14)6-13(7-10(11)15)9-2-4-12-5-3-9/h8-9,12,14H,2-7H2,1H3,(H2,11,15)/t8-/m1/s1. The Morgan fingerprint density at radius 2 is 2.20 bits per heavy atom. The first kappa shape index (κ1) is 12.4. The van der Waals surface area contributed by atoms with Gasteiger partial charge in [-0.05, 0) is 32.9 Å². The van der Waals surface area contributed by atoms with Gasteiger partial charge >= 0.3 is 0 Å². The van der Waals surface area contributed by atoms with Gasteiger partial charge in [-0.25, -0.2) is 0 Å². The van der Waals surface area contributed by atoms with E-state index in [0.717, 1.165) is 25.9 Å². The number of nitrogens with zero attached hydrogens (tertiary/aromatic N) is 1. The summed E-state index contributed by atoms with van der Waals surface area (Å²) in [6, 6.07) is 0.369. The topological polar surface area (TPSA) is 78.6 Å². The summed E-state index contributed by atoms with van der Waals surface area (Å²) in [5, 5.41) is 12.6. The highest BCUT2D eigenvalue weighted by Crippen LogP contribution is 2.11. The molecule has 0 aromatic carbocycles. The Morgan fingerprint density at radius 3 is 2.67 bits per heavy atom. The van der Waals surface area contributed by atoms with E-state index in [4.69, 9.17) is 5.73 Å². The number of nitrogens with two attached hydrogens (primary N) is 1. The van der Waals surface area contributed by atoms with Crippen molar-refractivity contribution in [2.75, 3.05) is 26.2 Å². The van der Waals surface area contributed by atoms with Gasteiger partial charge in [-0.3, -0.25) is 9.69 Å². The number of nitrogens with one attached hydrogen (secondary N) is 1. The summed E-state index contributed by atoms with van der Waals surface area (Å²) in [5.41, 5.74) is 5.20. The summed E-state index contributed by atoms with van der Waals surface area (Å²) in [5.74, 6) is -0.325. The number of rotatable bonds is 5. The van der Waals surface area contributed by atoms with Gasteiger partial charge in [-0.2, -0.15) is 0 Å². The summed E-state index contributed by atoms with van der Waals surface area (Å²) in [6.07, 6.45) is 1.61. The Kier molecular flexibility index (Phi) is 5.01. The van der Waals surface area contributed by atoms with Gasteiger partial charge in [0, 0.05) is 12.6 Å². The van der Waals surface area contributed by atoms with E-state index in [-0.39, 0.29) is 12.5 Å². The van der Waals surface area contributed by atoms with Gasteiger partial charge in [-0.1, -0.05) is 0 Å². The highest BCUT2D eigenvalue weighted by atomic mass is 16.3. The Bertz CT molecular complexity index is 203. The van der Waals surface area contributed by atoms with Crippen LogP contribution in [-0.2, 0) is 4.79 Å². The molecule has 4 N–H and O–H groups in total. The molecule has 1 atom stereocenters. The Hall–Kier alpha value is -0.650. The molecule has 1 aliphatic rings. The number of carbonyl (C=O) groups is 1. The number of piperidine rings is 1. The van der Waals surface area contributed by atoms with Crippen molar-refractivity contribution in [2.24, 2.45) is 5.73 Å². The maximum absolute atomic E-state index is 10.9. The van der Waals surface area contributed by atoms with E-state index in [0.29, 0.717) is 12.6 Å². The third kappa shape index (κ3) is 4.59. The molecule has 0 spiro atoms. The van der Waals surface area contributed by atoms with E-state index < -0.39 is 6.10 Å². The Labute approximate surface area is 90.6 Å². The number of hydrogen-bond donors (Lipinski definition) is 3. The van der Waals surface area contributed by atoms with Gasteiger partial charge in [0.15, 0.2) is 0 Å². The van der Waals surface area contributed by atoms with Crippen LogP contribution in [0.25, 0.3) is 0 Å². The normalized spacial score (nSPS) is 20.5. The van der Waals surface area contributed by atoms with E-state index in [1.54, 1.807) is 6.92 Å². The van der Waals surface area contributed by atoms with Crippen LogP contribution < -0.4 is 11.1 Å². The lowest BCUT2D eigenvalue weighted by atomic mass is 10.0. The summed E-state index contributed by atoms with van der Waals surface area (Å²) < 4.78 is 0. The minimum absolute atomic E-state index is 0.246. The number of carbonyl (C=O) groups excluding carboxylic acids is 1. The van der Waals surface area contributed by atoms with Crippen molar-refractivity contribution in [1.82, 2.24) is 10.2 Å². The molecular weight excluding hydrogens is 194 g/mol. The van der Waals surface area contributed by atoms with Crippen LogP contribution in [0.1, 0.15) is 19.8 Å². The molecular formula is C10H21N3O2. The molecule has 15 heavy (non-hydrogen) atoms. The fraction of sp³-hybridized carbons (Fsp3) is 0.900. The zero-order valence-corrected chi connectivity index (χ0v) is 9.28. The third-order valence-electron chi connectivity index (χ3n) is 2.68. The van der Waals surface area contributed by atoms with Crippen LogP contribution in [0.2, 0.25) is 0 Å². The van der Waals surface area contributed by atoms with E-state index in [1.807, 2.05) is 4.90 Å². The lowest BCUT2D eigenvalue weighted by Crippen LogP contribution is -2.48. The molecule has 0 bridgehead atoms. The number of hydrogen-bond acceptors (Lipinski definition) is 4. The summed E-state index contributed by atoms with van der Waals surface area (Å²) in [4.78, 5) is 12.9. The van der Waals surface area contributed by atoms with Crippen molar-refractivity contribution >= 4 is 5.91 Å². The summed E-state index contributed by atoms with van der Waals surface area (Å²) in [6.45, 7) is 4.44. The Morgan fingerprint density at radius 1 is 1.60 bits per heavy atom. The first-order chi connectivity index (χ1) is 7.09. The molecule has 0 aromatic rings. The van der Waals surface area contributed by atoms with Crippen LogP contribution in [0, 0.1) is 0 Å². The molecule has 1 aliphatic heterocycles. The zero-order chi connectivity index (χ0) is 11.3. The molecule has 0 radical (unpaired) electrons. The zero-order valence-electron chi connectivity index (χ0n) is 9.28. The van der Waals surface area contributed by atoms with Crippen molar-refractivity contribution in [1.29, 1.82) is 0 Å². The molecule has 1 heterocycles. The fourth-order valence-electron chi connectivity index (χ4n) is 2.05. The predicted octanol–water partition coefficient (Wildman–Crippen LogP) is -1.09. The second-order valence-corrected chi connectivity index (χ2v) is 4.23. The SMILES string of the molecule is C[C@@H](O)CN(CC(N)=O)C1CCNCC1. The highest BCUT2D eigenvalue weighted by molar-refractivity contribution is 5.75. The van der Waals surface area contributed by atoms with E-state index in [1.165, 1.54) is 0 Å². The molecule has 1 fully saturated rings. The quantitative estimate of drug-likeness (QED) is 0.544. The van der Waals surface area contributed by atoms with E-state index in [2.05, 4.69) is 5.32 Å². The molecule has 1 amide bonds. The van der Waals surface area contributed by atoms with Gasteiger partial charge in [0.25, 0.3) is 0 Å². The van der Waals surface area contributed by atoms with Gasteiger partial charge in [0.1, 0.15) is 0 Å². The van der Waals surface area contributed by atoms with Crippen molar-refractivity contribution < 1.29 is 9.90 Å². The average Bonchev–Trinajstić information content (AvgIpc) is 2.17. The maximum atomic E-state index is 10.9. The highest BCUT2D eigenvalue weighted by Gasteiger charge is 2.22. The molecule has 5 nitrogen and oxygen atoms in total. The fourth-order valence-corrected chi connectivity index (χ4v) is 2.05. The van der Waals surface area contributed by atoms with Crippen LogP contribution >= 0.6 is 0 Å².